The van der Waals surface area contributed by atoms with Crippen LogP contribution in [0.4, 0.5) is 11.5 Å². The Hall–Kier alpha value is -4.97. The predicted octanol–water partition coefficient (Wildman–Crippen LogP) is 3.77. The third kappa shape index (κ3) is 4.61. The number of hydrogen-bond donors (Lipinski definition) is 3. The van der Waals surface area contributed by atoms with Crippen molar-refractivity contribution < 1.29 is 8.42 Å². The van der Waals surface area contributed by atoms with E-state index in [1.54, 1.807) is 51.8 Å². The predicted molar refractivity (Wildman–Crippen MR) is 149 cm³/mol. The molecule has 0 saturated heterocycles. The van der Waals surface area contributed by atoms with Crippen LogP contribution in [-0.2, 0) is 10.0 Å². The first-order valence-electron chi connectivity index (χ1n) is 12.0. The standard InChI is InChI=1S/C27H23N8O3S/c1-17(26-32-34-13-7-12-22(34)27(36)35(26)20-10-4-3-5-11-20)31-25-23-21(15-28-24(23)29-16-30-25)18-8-6-9-19(14-18)33-39(2,37)38/h3-5,7-17,33H,1-2H3,(H2,28,29,30,31). The number of aromatic amines is 1. The highest BCUT2D eigenvalue weighted by Crippen LogP contribution is 2.34. The Bertz CT molecular complexity index is 1990. The van der Waals surface area contributed by atoms with Gasteiger partial charge in [-0.3, -0.25) is 14.1 Å². The summed E-state index contributed by atoms with van der Waals surface area (Å²) in [6, 6.07) is 20.4. The minimum atomic E-state index is -3.45. The van der Waals surface area contributed by atoms with Crippen LogP contribution >= 0.6 is 0 Å². The summed E-state index contributed by atoms with van der Waals surface area (Å²) >= 11 is 0. The van der Waals surface area contributed by atoms with Gasteiger partial charge in [0.2, 0.25) is 10.0 Å². The number of hydrogen-bond acceptors (Lipinski definition) is 7. The molecule has 1 unspecified atom stereocenters. The zero-order valence-electron chi connectivity index (χ0n) is 21.0. The first kappa shape index (κ1) is 24.4. The van der Waals surface area contributed by atoms with Crippen molar-refractivity contribution in [3.05, 3.63) is 102 Å². The molecule has 3 N–H and O–H groups in total. The zero-order chi connectivity index (χ0) is 27.1. The molecule has 1 radical (unpaired) electrons. The number of fused-ring (bicyclic) bond motifs is 2. The Morgan fingerprint density at radius 3 is 2.69 bits per heavy atom. The van der Waals surface area contributed by atoms with Crippen LogP contribution in [0.3, 0.4) is 0 Å². The molecule has 0 aliphatic heterocycles. The van der Waals surface area contributed by atoms with Crippen molar-refractivity contribution in [2.24, 2.45) is 0 Å². The molecule has 0 fully saturated rings. The molecule has 0 saturated carbocycles. The van der Waals surface area contributed by atoms with Gasteiger partial charge in [-0.2, -0.15) is 5.10 Å². The Labute approximate surface area is 223 Å². The summed E-state index contributed by atoms with van der Waals surface area (Å²) < 4.78 is 29.1. The topological polar surface area (TPSA) is 139 Å². The van der Waals surface area contributed by atoms with E-state index in [9.17, 15) is 13.2 Å². The molecule has 6 rings (SSSR count). The third-order valence-corrected chi connectivity index (χ3v) is 6.82. The first-order valence-corrected chi connectivity index (χ1v) is 13.9. The number of rotatable bonds is 7. The summed E-state index contributed by atoms with van der Waals surface area (Å²) in [5.74, 6) is 1.01. The van der Waals surface area contributed by atoms with Crippen LogP contribution in [0, 0.1) is 6.07 Å². The molecule has 0 spiro atoms. The molecule has 11 nitrogen and oxygen atoms in total. The average Bonchev–Trinajstić information content (AvgIpc) is 3.56. The van der Waals surface area contributed by atoms with Crippen molar-refractivity contribution in [3.8, 4) is 16.8 Å². The van der Waals surface area contributed by atoms with E-state index < -0.39 is 16.1 Å². The number of H-pyrrole nitrogens is 1. The number of benzene rings is 2. The van der Waals surface area contributed by atoms with E-state index in [0.29, 0.717) is 45.1 Å². The number of sulfonamides is 1. The quantitative estimate of drug-likeness (QED) is 0.281. The summed E-state index contributed by atoms with van der Waals surface area (Å²) in [6.45, 7) is 1.90. The molecule has 2 aromatic carbocycles. The van der Waals surface area contributed by atoms with E-state index in [4.69, 9.17) is 5.10 Å². The van der Waals surface area contributed by atoms with Gasteiger partial charge < -0.3 is 10.3 Å². The van der Waals surface area contributed by atoms with Gasteiger partial charge in [0.25, 0.3) is 5.56 Å². The Balaban J connectivity index is 1.45. The Morgan fingerprint density at radius 1 is 1.08 bits per heavy atom. The summed E-state index contributed by atoms with van der Waals surface area (Å²) in [6.07, 6.45) is 6.06. The van der Waals surface area contributed by atoms with E-state index in [0.717, 1.165) is 11.8 Å². The van der Waals surface area contributed by atoms with Crippen LogP contribution in [0.25, 0.3) is 33.4 Å². The summed E-state index contributed by atoms with van der Waals surface area (Å²) in [7, 11) is -3.45. The van der Waals surface area contributed by atoms with Gasteiger partial charge in [0, 0.05) is 23.6 Å². The number of para-hydroxylation sites is 1. The smallest absolute Gasteiger partial charge is 0.282 e. The zero-order valence-corrected chi connectivity index (χ0v) is 21.8. The lowest BCUT2D eigenvalue weighted by atomic mass is 10.1. The molecule has 4 aromatic heterocycles. The third-order valence-electron chi connectivity index (χ3n) is 6.22. The van der Waals surface area contributed by atoms with Crippen molar-refractivity contribution in [1.82, 2.24) is 29.1 Å². The van der Waals surface area contributed by atoms with Crippen LogP contribution < -0.4 is 15.6 Å². The van der Waals surface area contributed by atoms with Gasteiger partial charge in [-0.05, 0) is 61.0 Å². The maximum atomic E-state index is 13.5. The van der Waals surface area contributed by atoms with E-state index >= 15 is 0 Å². The van der Waals surface area contributed by atoms with Crippen LogP contribution in [0.1, 0.15) is 18.8 Å². The van der Waals surface area contributed by atoms with Crippen molar-refractivity contribution in [2.45, 2.75) is 13.0 Å². The van der Waals surface area contributed by atoms with Gasteiger partial charge in [-0.25, -0.2) is 22.9 Å². The van der Waals surface area contributed by atoms with Crippen molar-refractivity contribution >= 4 is 38.1 Å². The summed E-state index contributed by atoms with van der Waals surface area (Å²) in [5, 5.41) is 8.87. The van der Waals surface area contributed by atoms with Gasteiger partial charge in [0.05, 0.1) is 23.4 Å². The summed E-state index contributed by atoms with van der Waals surface area (Å²) in [4.78, 5) is 25.5. The molecule has 0 aliphatic carbocycles. The molecule has 195 valence electrons. The lowest BCUT2D eigenvalue weighted by Gasteiger charge is -2.20. The normalized spacial score (nSPS) is 12.6. The van der Waals surface area contributed by atoms with Crippen LogP contribution in [0.5, 0.6) is 0 Å². The summed E-state index contributed by atoms with van der Waals surface area (Å²) in [5.41, 5.74) is 3.42. The minimum Gasteiger partial charge on any atom is -0.360 e. The fraction of sp³-hybridized carbons (Fsp3) is 0.111. The van der Waals surface area contributed by atoms with Crippen molar-refractivity contribution in [3.63, 3.8) is 0 Å². The molecule has 1 atom stereocenters. The van der Waals surface area contributed by atoms with Gasteiger partial charge in [-0.1, -0.05) is 18.2 Å². The number of aromatic nitrogens is 6. The molecule has 0 aliphatic rings. The average molecular weight is 540 g/mol. The SMILES string of the molecule is CC(Nc1ncnc2[nH]cc(-c3c[c]cc(NS(C)(=O)=O)c3)c12)c1nn2cccc2c(=O)n1-c1ccccc1. The molecule has 4 heterocycles. The second kappa shape index (κ2) is 9.40. The monoisotopic (exact) mass is 539 g/mol. The number of anilines is 2. The molecule has 39 heavy (non-hydrogen) atoms. The minimum absolute atomic E-state index is 0.189. The van der Waals surface area contributed by atoms with Gasteiger partial charge in [-0.15, -0.1) is 0 Å². The lowest BCUT2D eigenvalue weighted by molar-refractivity contribution is 0.607. The fourth-order valence-electron chi connectivity index (χ4n) is 4.58. The van der Waals surface area contributed by atoms with E-state index in [1.807, 2.05) is 37.3 Å². The Kier molecular flexibility index (Phi) is 5.88. The van der Waals surface area contributed by atoms with E-state index in [2.05, 4.69) is 31.1 Å². The van der Waals surface area contributed by atoms with E-state index in [-0.39, 0.29) is 5.56 Å². The van der Waals surface area contributed by atoms with Gasteiger partial charge >= 0.3 is 0 Å². The van der Waals surface area contributed by atoms with Gasteiger partial charge in [0.15, 0.2) is 5.82 Å². The maximum Gasteiger partial charge on any atom is 0.282 e. The van der Waals surface area contributed by atoms with Crippen molar-refractivity contribution in [1.29, 1.82) is 0 Å². The van der Waals surface area contributed by atoms with Crippen LogP contribution in [0.15, 0.2) is 84.2 Å². The second-order valence-corrected chi connectivity index (χ2v) is 10.8. The molecular weight excluding hydrogens is 516 g/mol. The van der Waals surface area contributed by atoms with E-state index in [1.165, 1.54) is 6.33 Å². The second-order valence-electron chi connectivity index (χ2n) is 9.07. The molecule has 0 bridgehead atoms. The molecule has 6 aromatic rings. The largest absolute Gasteiger partial charge is 0.360 e. The highest BCUT2D eigenvalue weighted by Gasteiger charge is 2.21. The number of nitrogens with zero attached hydrogens (tertiary/aromatic N) is 5. The Morgan fingerprint density at radius 2 is 1.90 bits per heavy atom. The highest BCUT2D eigenvalue weighted by atomic mass is 32.2. The van der Waals surface area contributed by atoms with Crippen LogP contribution in [0.2, 0.25) is 0 Å². The highest BCUT2D eigenvalue weighted by molar-refractivity contribution is 7.92. The molecular formula is C27H23N8O3S. The molecule has 0 amide bonds. The van der Waals surface area contributed by atoms with Gasteiger partial charge in [0.1, 0.15) is 23.3 Å². The van der Waals surface area contributed by atoms with Crippen LogP contribution in [-0.4, -0.2) is 43.8 Å². The van der Waals surface area contributed by atoms with Crippen molar-refractivity contribution in [2.75, 3.05) is 16.3 Å². The first-order chi connectivity index (χ1) is 18.8. The fourth-order valence-corrected chi connectivity index (χ4v) is 5.13. The lowest BCUT2D eigenvalue weighted by Crippen LogP contribution is -2.29. The number of nitrogens with one attached hydrogen (secondary N) is 3. The maximum absolute atomic E-state index is 13.5. The molecule has 12 heteroatoms.